The van der Waals surface area contributed by atoms with Gasteiger partial charge in [0.2, 0.25) is 0 Å². The first kappa shape index (κ1) is 7.60. The van der Waals surface area contributed by atoms with E-state index in [2.05, 4.69) is 11.9 Å². The van der Waals surface area contributed by atoms with Crippen molar-refractivity contribution in [1.29, 1.82) is 0 Å². The minimum Gasteiger partial charge on any atom is -0.303 e. The van der Waals surface area contributed by atoms with Crippen LogP contribution in [0.5, 0.6) is 0 Å². The molecule has 2 aliphatic rings. The van der Waals surface area contributed by atoms with Crippen LogP contribution in [-0.4, -0.2) is 24.5 Å². The number of hydrogen-bond donors (Lipinski definition) is 0. The van der Waals surface area contributed by atoms with Gasteiger partial charge in [0.05, 0.1) is 0 Å². The Kier molecular flexibility index (Phi) is 2.17. The van der Waals surface area contributed by atoms with Crippen molar-refractivity contribution in [2.45, 2.75) is 44.6 Å². The van der Waals surface area contributed by atoms with Gasteiger partial charge in [-0.1, -0.05) is 12.8 Å². The van der Waals surface area contributed by atoms with Crippen molar-refractivity contribution < 1.29 is 0 Å². The molecule has 0 bridgehead atoms. The Morgan fingerprint density at radius 1 is 1.09 bits per heavy atom. The molecule has 2 fully saturated rings. The van der Waals surface area contributed by atoms with Crippen molar-refractivity contribution in [3.63, 3.8) is 0 Å². The van der Waals surface area contributed by atoms with Gasteiger partial charge in [0.15, 0.2) is 0 Å². The first-order valence-electron chi connectivity index (χ1n) is 5.06. The second kappa shape index (κ2) is 3.14. The van der Waals surface area contributed by atoms with E-state index in [9.17, 15) is 0 Å². The molecule has 0 unspecified atom stereocenters. The van der Waals surface area contributed by atoms with E-state index in [1.165, 1.54) is 45.1 Å². The van der Waals surface area contributed by atoms with Crippen molar-refractivity contribution in [2.75, 3.05) is 13.6 Å². The molecule has 64 valence electrons. The van der Waals surface area contributed by atoms with E-state index in [1.807, 2.05) is 0 Å². The van der Waals surface area contributed by atoms with E-state index in [0.29, 0.717) is 0 Å². The van der Waals surface area contributed by atoms with Crippen LogP contribution >= 0.6 is 0 Å². The summed E-state index contributed by atoms with van der Waals surface area (Å²) in [6, 6.07) is 0.940. The molecule has 0 radical (unpaired) electrons. The fourth-order valence-electron chi connectivity index (χ4n) is 2.20. The lowest BCUT2D eigenvalue weighted by Crippen LogP contribution is -2.30. The van der Waals surface area contributed by atoms with Crippen LogP contribution in [0.15, 0.2) is 0 Å². The zero-order valence-corrected chi connectivity index (χ0v) is 7.55. The van der Waals surface area contributed by atoms with Crippen molar-refractivity contribution in [3.8, 4) is 0 Å². The quantitative estimate of drug-likeness (QED) is 0.601. The van der Waals surface area contributed by atoms with E-state index in [0.717, 1.165) is 12.0 Å². The van der Waals surface area contributed by atoms with Gasteiger partial charge in [-0.05, 0) is 38.6 Å². The molecule has 0 heterocycles. The van der Waals surface area contributed by atoms with E-state index in [1.54, 1.807) is 0 Å². The topological polar surface area (TPSA) is 3.24 Å². The van der Waals surface area contributed by atoms with Gasteiger partial charge in [-0.25, -0.2) is 0 Å². The highest BCUT2D eigenvalue weighted by Gasteiger charge is 2.27. The van der Waals surface area contributed by atoms with Gasteiger partial charge >= 0.3 is 0 Å². The zero-order chi connectivity index (χ0) is 7.68. The molecule has 1 heteroatoms. The second-order valence-electron chi connectivity index (χ2n) is 4.32. The average Bonchev–Trinajstić information content (AvgIpc) is 2.67. The highest BCUT2D eigenvalue weighted by atomic mass is 15.1. The molecule has 1 nitrogen and oxygen atoms in total. The molecule has 0 saturated heterocycles. The summed E-state index contributed by atoms with van der Waals surface area (Å²) in [6.07, 6.45) is 8.86. The summed E-state index contributed by atoms with van der Waals surface area (Å²) < 4.78 is 0. The minimum absolute atomic E-state index is 0.940. The molecule has 11 heavy (non-hydrogen) atoms. The molecule has 0 aliphatic heterocycles. The van der Waals surface area contributed by atoms with E-state index < -0.39 is 0 Å². The van der Waals surface area contributed by atoms with Gasteiger partial charge in [0.25, 0.3) is 0 Å². The molecule has 0 aromatic heterocycles. The van der Waals surface area contributed by atoms with Crippen LogP contribution in [0.4, 0.5) is 0 Å². The van der Waals surface area contributed by atoms with Gasteiger partial charge in [-0.3, -0.25) is 0 Å². The Balaban J connectivity index is 1.73. The molecular formula is C10H19N. The van der Waals surface area contributed by atoms with Crippen molar-refractivity contribution >= 4 is 0 Å². The molecule has 2 aliphatic carbocycles. The SMILES string of the molecule is CN(CC1CC1)C1CCCC1. The lowest BCUT2D eigenvalue weighted by Gasteiger charge is -2.23. The first-order chi connectivity index (χ1) is 5.36. The normalized spacial score (nSPS) is 26.7. The van der Waals surface area contributed by atoms with Crippen LogP contribution in [0, 0.1) is 5.92 Å². The smallest absolute Gasteiger partial charge is 0.00923 e. The maximum Gasteiger partial charge on any atom is 0.00923 e. The van der Waals surface area contributed by atoms with Crippen molar-refractivity contribution in [1.82, 2.24) is 4.90 Å². The molecule has 0 atom stereocenters. The Morgan fingerprint density at radius 2 is 1.73 bits per heavy atom. The van der Waals surface area contributed by atoms with Gasteiger partial charge in [0, 0.05) is 12.6 Å². The molecule has 0 amide bonds. The lowest BCUT2D eigenvalue weighted by molar-refractivity contribution is 0.236. The molecule has 2 rings (SSSR count). The fraction of sp³-hybridized carbons (Fsp3) is 1.00. The van der Waals surface area contributed by atoms with E-state index >= 15 is 0 Å². The predicted octanol–water partition coefficient (Wildman–Crippen LogP) is 2.27. The number of hydrogen-bond acceptors (Lipinski definition) is 1. The Labute approximate surface area is 69.8 Å². The predicted molar refractivity (Wildman–Crippen MR) is 47.6 cm³/mol. The van der Waals surface area contributed by atoms with E-state index in [4.69, 9.17) is 0 Å². The Hall–Kier alpha value is -0.0400. The zero-order valence-electron chi connectivity index (χ0n) is 7.55. The van der Waals surface area contributed by atoms with Crippen molar-refractivity contribution in [2.24, 2.45) is 5.92 Å². The van der Waals surface area contributed by atoms with Crippen molar-refractivity contribution in [3.05, 3.63) is 0 Å². The Bertz CT molecular complexity index is 123. The maximum atomic E-state index is 2.60. The largest absolute Gasteiger partial charge is 0.303 e. The molecule has 0 N–H and O–H groups in total. The van der Waals surface area contributed by atoms with Crippen LogP contribution in [-0.2, 0) is 0 Å². The molecule has 0 aromatic carbocycles. The molecule has 2 saturated carbocycles. The third-order valence-electron chi connectivity index (χ3n) is 3.19. The van der Waals surface area contributed by atoms with E-state index in [-0.39, 0.29) is 0 Å². The van der Waals surface area contributed by atoms with Gasteiger partial charge in [-0.15, -0.1) is 0 Å². The summed E-state index contributed by atoms with van der Waals surface area (Å²) in [4.78, 5) is 2.60. The standard InChI is InChI=1S/C10H19N/c1-11(8-9-6-7-9)10-4-2-3-5-10/h9-10H,2-8H2,1H3. The third kappa shape index (κ3) is 1.96. The van der Waals surface area contributed by atoms with Gasteiger partial charge in [-0.2, -0.15) is 0 Å². The highest BCUT2D eigenvalue weighted by molar-refractivity contribution is 4.81. The summed E-state index contributed by atoms with van der Waals surface area (Å²) in [5.74, 6) is 1.07. The monoisotopic (exact) mass is 153 g/mol. The summed E-state index contributed by atoms with van der Waals surface area (Å²) in [5.41, 5.74) is 0. The number of nitrogens with zero attached hydrogens (tertiary/aromatic N) is 1. The third-order valence-corrected chi connectivity index (χ3v) is 3.19. The summed E-state index contributed by atoms with van der Waals surface area (Å²) >= 11 is 0. The summed E-state index contributed by atoms with van der Waals surface area (Å²) in [7, 11) is 2.31. The summed E-state index contributed by atoms with van der Waals surface area (Å²) in [5, 5.41) is 0. The van der Waals surface area contributed by atoms with Crippen LogP contribution in [0.2, 0.25) is 0 Å². The van der Waals surface area contributed by atoms with Gasteiger partial charge < -0.3 is 4.90 Å². The highest BCUT2D eigenvalue weighted by Crippen LogP contribution is 2.31. The molecule has 0 spiro atoms. The van der Waals surface area contributed by atoms with Gasteiger partial charge in [0.1, 0.15) is 0 Å². The number of rotatable bonds is 3. The van der Waals surface area contributed by atoms with Crippen LogP contribution in [0.3, 0.4) is 0 Å². The average molecular weight is 153 g/mol. The lowest BCUT2D eigenvalue weighted by atomic mass is 10.2. The first-order valence-corrected chi connectivity index (χ1v) is 5.06. The molecular weight excluding hydrogens is 134 g/mol. The minimum atomic E-state index is 0.940. The second-order valence-corrected chi connectivity index (χ2v) is 4.32. The molecule has 0 aromatic rings. The Morgan fingerprint density at radius 3 is 2.27 bits per heavy atom. The fourth-order valence-corrected chi connectivity index (χ4v) is 2.20. The van der Waals surface area contributed by atoms with Crippen LogP contribution in [0.1, 0.15) is 38.5 Å². The van der Waals surface area contributed by atoms with Crippen LogP contribution < -0.4 is 0 Å². The van der Waals surface area contributed by atoms with Crippen LogP contribution in [0.25, 0.3) is 0 Å². The summed E-state index contributed by atoms with van der Waals surface area (Å²) in [6.45, 7) is 1.38. The maximum absolute atomic E-state index is 2.60.